The number of rotatable bonds is 9. The Labute approximate surface area is 207 Å². The third kappa shape index (κ3) is 5.55. The lowest BCUT2D eigenvalue weighted by Crippen LogP contribution is -2.16. The molecule has 3 aromatic rings. The molecule has 0 aliphatic carbocycles. The van der Waals surface area contributed by atoms with Gasteiger partial charge in [0.05, 0.1) is 49.6 Å². The van der Waals surface area contributed by atoms with E-state index in [0.29, 0.717) is 28.5 Å². The monoisotopic (exact) mass is 498 g/mol. The van der Waals surface area contributed by atoms with Gasteiger partial charge in [0.25, 0.3) is 11.8 Å². The van der Waals surface area contributed by atoms with Crippen LogP contribution in [-0.4, -0.2) is 45.7 Å². The Morgan fingerprint density at radius 3 is 2.26 bits per heavy atom. The van der Waals surface area contributed by atoms with Gasteiger partial charge >= 0.3 is 5.97 Å². The second-order valence-corrected chi connectivity index (χ2v) is 8.18. The van der Waals surface area contributed by atoms with Gasteiger partial charge in [-0.05, 0) is 43.7 Å². The molecule has 0 saturated heterocycles. The first-order chi connectivity index (χ1) is 16.8. The predicted octanol–water partition coefficient (Wildman–Crippen LogP) is 4.76. The zero-order valence-electron chi connectivity index (χ0n) is 20.0. The molecular weight excluding hydrogens is 472 g/mol. The maximum atomic E-state index is 13.2. The normalized spacial score (nSPS) is 10.3. The van der Waals surface area contributed by atoms with E-state index in [1.165, 1.54) is 21.3 Å². The number of carbonyl (C=O) groups excluding carboxylic acids is 3. The predicted molar refractivity (Wildman–Crippen MR) is 133 cm³/mol. The van der Waals surface area contributed by atoms with Crippen LogP contribution in [0, 0.1) is 6.92 Å². The molecule has 0 atom stereocenters. The van der Waals surface area contributed by atoms with Crippen molar-refractivity contribution in [2.45, 2.75) is 13.8 Å². The molecule has 0 spiro atoms. The Hall–Kier alpha value is -4.05. The van der Waals surface area contributed by atoms with Crippen molar-refractivity contribution < 1.29 is 33.3 Å². The van der Waals surface area contributed by atoms with Crippen molar-refractivity contribution in [3.05, 3.63) is 64.0 Å². The van der Waals surface area contributed by atoms with Crippen molar-refractivity contribution in [1.29, 1.82) is 0 Å². The van der Waals surface area contributed by atoms with E-state index in [1.807, 2.05) is 0 Å². The third-order valence-corrected chi connectivity index (χ3v) is 6.27. The van der Waals surface area contributed by atoms with Crippen LogP contribution >= 0.6 is 11.3 Å². The summed E-state index contributed by atoms with van der Waals surface area (Å²) in [5, 5.41) is 5.72. The van der Waals surface area contributed by atoms with Crippen LogP contribution in [0.3, 0.4) is 0 Å². The van der Waals surface area contributed by atoms with Crippen molar-refractivity contribution in [2.24, 2.45) is 0 Å². The summed E-state index contributed by atoms with van der Waals surface area (Å²) in [6.07, 6.45) is 0. The molecule has 2 aromatic carbocycles. The zero-order valence-corrected chi connectivity index (χ0v) is 20.8. The molecule has 2 N–H and O–H groups in total. The van der Waals surface area contributed by atoms with E-state index in [-0.39, 0.29) is 27.6 Å². The number of hydrogen-bond acceptors (Lipinski definition) is 8. The van der Waals surface area contributed by atoms with E-state index in [0.717, 1.165) is 11.3 Å². The number of anilines is 2. The van der Waals surface area contributed by atoms with E-state index in [1.54, 1.807) is 56.3 Å². The van der Waals surface area contributed by atoms with Crippen LogP contribution in [0.15, 0.2) is 42.5 Å². The van der Waals surface area contributed by atoms with Crippen molar-refractivity contribution in [1.82, 2.24) is 0 Å². The first kappa shape index (κ1) is 25.6. The Bertz CT molecular complexity index is 1250. The van der Waals surface area contributed by atoms with E-state index in [4.69, 9.17) is 18.9 Å². The zero-order chi connectivity index (χ0) is 25.5. The smallest absolute Gasteiger partial charge is 0.341 e. The summed E-state index contributed by atoms with van der Waals surface area (Å²) < 4.78 is 21.0. The Morgan fingerprint density at radius 2 is 1.60 bits per heavy atom. The summed E-state index contributed by atoms with van der Waals surface area (Å²) >= 11 is 0.970. The highest BCUT2D eigenvalue weighted by atomic mass is 32.1. The van der Waals surface area contributed by atoms with Crippen LogP contribution in [0.25, 0.3) is 0 Å². The second kappa shape index (κ2) is 11.4. The molecule has 35 heavy (non-hydrogen) atoms. The molecule has 0 bridgehead atoms. The van der Waals surface area contributed by atoms with Gasteiger partial charge in [0.1, 0.15) is 22.2 Å². The largest absolute Gasteiger partial charge is 0.497 e. The highest BCUT2D eigenvalue weighted by Gasteiger charge is 2.28. The van der Waals surface area contributed by atoms with Gasteiger partial charge in [0.15, 0.2) is 0 Å². The minimum absolute atomic E-state index is 0.114. The molecule has 184 valence electrons. The van der Waals surface area contributed by atoms with Crippen molar-refractivity contribution in [2.75, 3.05) is 38.6 Å². The van der Waals surface area contributed by atoms with Crippen LogP contribution < -0.4 is 24.8 Å². The standard InChI is InChI=1S/C25H26N2O7S/c1-6-34-25(30)20-14(2)21(23(29)26-17-13-15(31-3)11-12-19(17)33-5)35-24(20)27-22(28)16-9-7-8-10-18(16)32-4/h7-13H,6H2,1-5H3,(H,26,29)(H,27,28). The molecular formula is C25H26N2O7S. The lowest BCUT2D eigenvalue weighted by Gasteiger charge is -2.11. The molecule has 2 amide bonds. The molecule has 9 nitrogen and oxygen atoms in total. The molecule has 3 rings (SSSR count). The van der Waals surface area contributed by atoms with Crippen LogP contribution in [0.2, 0.25) is 0 Å². The van der Waals surface area contributed by atoms with E-state index < -0.39 is 17.8 Å². The summed E-state index contributed by atoms with van der Waals surface area (Å²) in [5.74, 6) is -0.281. The summed E-state index contributed by atoms with van der Waals surface area (Å²) in [7, 11) is 4.46. The van der Waals surface area contributed by atoms with Gasteiger partial charge in [-0.2, -0.15) is 0 Å². The fourth-order valence-electron chi connectivity index (χ4n) is 3.36. The fourth-order valence-corrected chi connectivity index (χ4v) is 4.45. The van der Waals surface area contributed by atoms with Gasteiger partial charge in [-0.1, -0.05) is 12.1 Å². The number of hydrogen-bond donors (Lipinski definition) is 2. The molecule has 0 saturated carbocycles. The van der Waals surface area contributed by atoms with E-state index >= 15 is 0 Å². The van der Waals surface area contributed by atoms with Crippen molar-refractivity contribution in [3.8, 4) is 17.2 Å². The summed E-state index contributed by atoms with van der Waals surface area (Å²) in [6.45, 7) is 3.44. The first-order valence-corrected chi connectivity index (χ1v) is 11.4. The first-order valence-electron chi connectivity index (χ1n) is 10.6. The average Bonchev–Trinajstić information content (AvgIpc) is 3.19. The number of esters is 1. The minimum Gasteiger partial charge on any atom is -0.497 e. The van der Waals surface area contributed by atoms with Gasteiger partial charge in [-0.15, -0.1) is 11.3 Å². The average molecular weight is 499 g/mol. The van der Waals surface area contributed by atoms with Gasteiger partial charge in [0.2, 0.25) is 0 Å². The second-order valence-electron chi connectivity index (χ2n) is 7.16. The number of para-hydroxylation sites is 1. The van der Waals surface area contributed by atoms with Crippen molar-refractivity contribution >= 4 is 39.8 Å². The minimum atomic E-state index is -0.644. The topological polar surface area (TPSA) is 112 Å². The fraction of sp³-hybridized carbons (Fsp3) is 0.240. The number of thiophene rings is 1. The molecule has 0 radical (unpaired) electrons. The Kier molecular flexibility index (Phi) is 8.32. The molecule has 10 heteroatoms. The third-order valence-electron chi connectivity index (χ3n) is 5.07. The summed E-state index contributed by atoms with van der Waals surface area (Å²) in [6, 6.07) is 11.7. The van der Waals surface area contributed by atoms with Gasteiger partial charge in [-0.3, -0.25) is 9.59 Å². The molecule has 1 aromatic heterocycles. The van der Waals surface area contributed by atoms with E-state index in [9.17, 15) is 14.4 Å². The number of amides is 2. The summed E-state index contributed by atoms with van der Waals surface area (Å²) in [5.41, 5.74) is 1.16. The van der Waals surface area contributed by atoms with Crippen molar-refractivity contribution in [3.63, 3.8) is 0 Å². The Morgan fingerprint density at radius 1 is 0.886 bits per heavy atom. The molecule has 1 heterocycles. The van der Waals surface area contributed by atoms with Gasteiger partial charge in [0, 0.05) is 6.07 Å². The number of ether oxygens (including phenoxy) is 4. The maximum Gasteiger partial charge on any atom is 0.341 e. The van der Waals surface area contributed by atoms with Gasteiger partial charge in [-0.25, -0.2) is 4.79 Å². The number of benzene rings is 2. The number of carbonyl (C=O) groups is 3. The van der Waals surface area contributed by atoms with Crippen LogP contribution in [0.1, 0.15) is 42.9 Å². The molecule has 0 fully saturated rings. The lowest BCUT2D eigenvalue weighted by molar-refractivity contribution is 0.0527. The summed E-state index contributed by atoms with van der Waals surface area (Å²) in [4.78, 5) is 39.2. The lowest BCUT2D eigenvalue weighted by atomic mass is 10.1. The highest BCUT2D eigenvalue weighted by Crippen LogP contribution is 2.36. The van der Waals surface area contributed by atoms with Crippen LogP contribution in [0.5, 0.6) is 17.2 Å². The molecule has 0 unspecified atom stereocenters. The van der Waals surface area contributed by atoms with Crippen LogP contribution in [-0.2, 0) is 4.74 Å². The SMILES string of the molecule is CCOC(=O)c1c(NC(=O)c2ccccc2OC)sc(C(=O)Nc2cc(OC)ccc2OC)c1C. The number of nitrogens with one attached hydrogen (secondary N) is 2. The van der Waals surface area contributed by atoms with Gasteiger partial charge < -0.3 is 29.6 Å². The van der Waals surface area contributed by atoms with E-state index in [2.05, 4.69) is 10.6 Å². The number of methoxy groups -OCH3 is 3. The molecule has 0 aliphatic heterocycles. The highest BCUT2D eigenvalue weighted by molar-refractivity contribution is 7.19. The Balaban J connectivity index is 1.99. The quantitative estimate of drug-likeness (QED) is 0.409. The maximum absolute atomic E-state index is 13.2. The molecule has 0 aliphatic rings. The van der Waals surface area contributed by atoms with Crippen LogP contribution in [0.4, 0.5) is 10.7 Å².